The van der Waals surface area contributed by atoms with Crippen molar-refractivity contribution in [2.75, 3.05) is 5.32 Å². The molecule has 170 valence electrons. The minimum absolute atomic E-state index is 0.915. The SMILES string of the molecule is c1ccc(-c2ccc(Nc3ccc(-c4cccc5oc6cc7ccccc7cc6c45)cc3)cc2)cc1. The topological polar surface area (TPSA) is 25.2 Å². The highest BCUT2D eigenvalue weighted by Crippen LogP contribution is 2.38. The fourth-order valence-electron chi connectivity index (χ4n) is 5.03. The molecule has 1 aromatic heterocycles. The zero-order valence-corrected chi connectivity index (χ0v) is 19.6. The van der Waals surface area contributed by atoms with Crippen LogP contribution in [0.3, 0.4) is 0 Å². The minimum atomic E-state index is 0.915. The Morgan fingerprint density at radius 3 is 1.78 bits per heavy atom. The summed E-state index contributed by atoms with van der Waals surface area (Å²) in [4.78, 5) is 0. The van der Waals surface area contributed by atoms with Crippen LogP contribution >= 0.6 is 0 Å². The van der Waals surface area contributed by atoms with E-state index in [1.165, 1.54) is 33.0 Å². The van der Waals surface area contributed by atoms with Gasteiger partial charge in [0.15, 0.2) is 0 Å². The van der Waals surface area contributed by atoms with Crippen molar-refractivity contribution in [3.05, 3.63) is 133 Å². The highest BCUT2D eigenvalue weighted by Gasteiger charge is 2.13. The highest BCUT2D eigenvalue weighted by molar-refractivity contribution is 6.15. The lowest BCUT2D eigenvalue weighted by atomic mass is 9.98. The van der Waals surface area contributed by atoms with Gasteiger partial charge in [0.25, 0.3) is 0 Å². The van der Waals surface area contributed by atoms with Gasteiger partial charge in [0, 0.05) is 22.1 Å². The number of fused-ring (bicyclic) bond motifs is 4. The predicted octanol–water partition coefficient (Wildman–Crippen LogP) is 9.82. The van der Waals surface area contributed by atoms with Crippen molar-refractivity contribution in [3.8, 4) is 22.3 Å². The number of rotatable bonds is 4. The maximum Gasteiger partial charge on any atom is 0.136 e. The molecule has 0 aliphatic heterocycles. The molecule has 0 aliphatic carbocycles. The Balaban J connectivity index is 1.21. The van der Waals surface area contributed by atoms with E-state index < -0.39 is 0 Å². The molecule has 2 heteroatoms. The fourth-order valence-corrected chi connectivity index (χ4v) is 5.03. The molecule has 0 spiro atoms. The smallest absolute Gasteiger partial charge is 0.136 e. The summed E-state index contributed by atoms with van der Waals surface area (Å²) in [6.07, 6.45) is 0. The van der Waals surface area contributed by atoms with E-state index in [1.54, 1.807) is 0 Å². The average Bonchev–Trinajstić information content (AvgIpc) is 3.31. The van der Waals surface area contributed by atoms with Crippen LogP contribution in [-0.4, -0.2) is 0 Å². The second kappa shape index (κ2) is 8.44. The third-order valence-electron chi connectivity index (χ3n) is 6.84. The first kappa shape index (κ1) is 20.5. The van der Waals surface area contributed by atoms with Gasteiger partial charge in [0.05, 0.1) is 0 Å². The van der Waals surface area contributed by atoms with Gasteiger partial charge in [-0.1, -0.05) is 91.0 Å². The van der Waals surface area contributed by atoms with Gasteiger partial charge < -0.3 is 9.73 Å². The van der Waals surface area contributed by atoms with E-state index in [1.807, 2.05) is 6.07 Å². The zero-order valence-electron chi connectivity index (χ0n) is 19.6. The number of hydrogen-bond donors (Lipinski definition) is 1. The lowest BCUT2D eigenvalue weighted by molar-refractivity contribution is 0.669. The van der Waals surface area contributed by atoms with Crippen molar-refractivity contribution in [1.29, 1.82) is 0 Å². The molecule has 0 saturated heterocycles. The van der Waals surface area contributed by atoms with Gasteiger partial charge in [-0.05, 0) is 75.5 Å². The molecule has 2 nitrogen and oxygen atoms in total. The Bertz CT molecular complexity index is 1830. The van der Waals surface area contributed by atoms with Gasteiger partial charge in [-0.15, -0.1) is 0 Å². The van der Waals surface area contributed by atoms with Crippen molar-refractivity contribution in [2.45, 2.75) is 0 Å². The molecule has 1 N–H and O–H groups in total. The summed E-state index contributed by atoms with van der Waals surface area (Å²) in [6, 6.07) is 46.7. The van der Waals surface area contributed by atoms with Crippen molar-refractivity contribution >= 4 is 44.1 Å². The number of furan rings is 1. The number of anilines is 2. The summed E-state index contributed by atoms with van der Waals surface area (Å²) in [5, 5.41) is 8.25. The first-order chi connectivity index (χ1) is 17.8. The van der Waals surface area contributed by atoms with Gasteiger partial charge in [-0.2, -0.15) is 0 Å². The van der Waals surface area contributed by atoms with Gasteiger partial charge in [0.2, 0.25) is 0 Å². The molecular weight excluding hydrogens is 438 g/mol. The third kappa shape index (κ3) is 3.60. The fraction of sp³-hybridized carbons (Fsp3) is 0. The summed E-state index contributed by atoms with van der Waals surface area (Å²) in [6.45, 7) is 0. The molecule has 36 heavy (non-hydrogen) atoms. The number of benzene rings is 6. The largest absolute Gasteiger partial charge is 0.456 e. The van der Waals surface area contributed by atoms with E-state index >= 15 is 0 Å². The molecule has 0 unspecified atom stereocenters. The van der Waals surface area contributed by atoms with Crippen LogP contribution in [0, 0.1) is 0 Å². The van der Waals surface area contributed by atoms with E-state index in [0.29, 0.717) is 0 Å². The first-order valence-corrected chi connectivity index (χ1v) is 12.2. The molecule has 0 amide bonds. The summed E-state index contributed by atoms with van der Waals surface area (Å²) in [5.74, 6) is 0. The van der Waals surface area contributed by atoms with Crippen LogP contribution in [-0.2, 0) is 0 Å². The number of nitrogens with one attached hydrogen (secondary N) is 1. The Morgan fingerprint density at radius 1 is 0.444 bits per heavy atom. The van der Waals surface area contributed by atoms with E-state index in [9.17, 15) is 0 Å². The van der Waals surface area contributed by atoms with Gasteiger partial charge in [0.1, 0.15) is 11.2 Å². The quantitative estimate of drug-likeness (QED) is 0.282. The standard InChI is InChI=1S/C34H23NO/c1-2-7-23(8-3-1)24-13-17-28(18-14-24)35-29-19-15-25(16-20-29)30-11-6-12-32-34(30)31-21-26-9-4-5-10-27(26)22-33(31)36-32/h1-22,35H. The lowest BCUT2D eigenvalue weighted by Gasteiger charge is -2.10. The van der Waals surface area contributed by atoms with Crippen LogP contribution in [0.1, 0.15) is 0 Å². The van der Waals surface area contributed by atoms with Crippen LogP contribution in [0.15, 0.2) is 138 Å². The maximum absolute atomic E-state index is 6.25. The van der Waals surface area contributed by atoms with Crippen LogP contribution in [0.2, 0.25) is 0 Å². The number of hydrogen-bond acceptors (Lipinski definition) is 2. The Morgan fingerprint density at radius 2 is 1.06 bits per heavy atom. The minimum Gasteiger partial charge on any atom is -0.456 e. The molecule has 0 saturated carbocycles. The molecule has 0 aliphatic rings. The zero-order chi connectivity index (χ0) is 23.9. The average molecular weight is 462 g/mol. The van der Waals surface area contributed by atoms with Crippen molar-refractivity contribution in [3.63, 3.8) is 0 Å². The Labute approximate surface area is 209 Å². The second-order valence-electron chi connectivity index (χ2n) is 9.12. The second-order valence-corrected chi connectivity index (χ2v) is 9.12. The lowest BCUT2D eigenvalue weighted by Crippen LogP contribution is -1.90. The molecule has 0 radical (unpaired) electrons. The molecule has 7 rings (SSSR count). The Hall–Kier alpha value is -4.82. The summed E-state index contributed by atoms with van der Waals surface area (Å²) in [5.41, 5.74) is 8.75. The molecule has 0 bridgehead atoms. The van der Waals surface area contributed by atoms with Gasteiger partial charge >= 0.3 is 0 Å². The molecule has 7 aromatic rings. The predicted molar refractivity (Wildman–Crippen MR) is 152 cm³/mol. The first-order valence-electron chi connectivity index (χ1n) is 12.2. The maximum atomic E-state index is 6.25. The van der Waals surface area contributed by atoms with Crippen molar-refractivity contribution in [1.82, 2.24) is 0 Å². The summed E-state index contributed by atoms with van der Waals surface area (Å²) >= 11 is 0. The molecule has 6 aromatic carbocycles. The van der Waals surface area contributed by atoms with Gasteiger partial charge in [-0.25, -0.2) is 0 Å². The molecular formula is C34H23NO. The van der Waals surface area contributed by atoms with E-state index in [2.05, 4.69) is 133 Å². The Kier molecular flexibility index (Phi) is 4.82. The third-order valence-corrected chi connectivity index (χ3v) is 6.84. The van der Waals surface area contributed by atoms with Crippen molar-refractivity contribution in [2.24, 2.45) is 0 Å². The highest BCUT2D eigenvalue weighted by atomic mass is 16.3. The van der Waals surface area contributed by atoms with Crippen LogP contribution in [0.5, 0.6) is 0 Å². The van der Waals surface area contributed by atoms with Crippen LogP contribution < -0.4 is 5.32 Å². The van der Waals surface area contributed by atoms with Gasteiger partial charge in [-0.3, -0.25) is 0 Å². The molecule has 0 atom stereocenters. The summed E-state index contributed by atoms with van der Waals surface area (Å²) < 4.78 is 6.25. The van der Waals surface area contributed by atoms with Crippen LogP contribution in [0.25, 0.3) is 55.0 Å². The molecule has 0 fully saturated rings. The van der Waals surface area contributed by atoms with E-state index in [0.717, 1.165) is 33.3 Å². The van der Waals surface area contributed by atoms with E-state index in [-0.39, 0.29) is 0 Å². The van der Waals surface area contributed by atoms with Crippen LogP contribution in [0.4, 0.5) is 11.4 Å². The molecule has 1 heterocycles. The summed E-state index contributed by atoms with van der Waals surface area (Å²) in [7, 11) is 0. The normalized spacial score (nSPS) is 11.3. The monoisotopic (exact) mass is 461 g/mol. The van der Waals surface area contributed by atoms with E-state index in [4.69, 9.17) is 4.42 Å². The van der Waals surface area contributed by atoms with Crippen molar-refractivity contribution < 1.29 is 4.42 Å².